The Hall–Kier alpha value is -2.04. The van der Waals surface area contributed by atoms with Crippen molar-refractivity contribution in [1.29, 1.82) is 0 Å². The van der Waals surface area contributed by atoms with Gasteiger partial charge < -0.3 is 4.74 Å². The fourth-order valence-electron chi connectivity index (χ4n) is 2.42. The minimum atomic E-state index is -0.189. The molecule has 118 valence electrons. The monoisotopic (exact) mass is 348 g/mol. The number of nitrogens with zero attached hydrogens (tertiary/aromatic N) is 2. The first-order chi connectivity index (χ1) is 11.1. The van der Waals surface area contributed by atoms with Crippen LogP contribution in [0.5, 0.6) is 5.75 Å². The van der Waals surface area contributed by atoms with E-state index in [4.69, 9.17) is 27.9 Å². The van der Waals surface area contributed by atoms with Gasteiger partial charge in [0.1, 0.15) is 5.75 Å². The van der Waals surface area contributed by atoms with E-state index in [0.29, 0.717) is 34.1 Å². The van der Waals surface area contributed by atoms with Crippen molar-refractivity contribution < 1.29 is 4.74 Å². The van der Waals surface area contributed by atoms with E-state index in [-0.39, 0.29) is 5.56 Å². The van der Waals surface area contributed by atoms with Gasteiger partial charge in [0.25, 0.3) is 5.56 Å². The summed E-state index contributed by atoms with van der Waals surface area (Å²) >= 11 is 12.1. The molecule has 0 bridgehead atoms. The Morgan fingerprint density at radius 1 is 1.22 bits per heavy atom. The number of hydrogen-bond acceptors (Lipinski definition) is 3. The summed E-state index contributed by atoms with van der Waals surface area (Å²) in [5, 5.41) is 1.18. The third-order valence-electron chi connectivity index (χ3n) is 3.46. The van der Waals surface area contributed by atoms with Crippen LogP contribution in [0.15, 0.2) is 47.5 Å². The summed E-state index contributed by atoms with van der Waals surface area (Å²) in [5.41, 5.74) is 1.17. The molecule has 0 spiro atoms. The number of rotatable bonds is 4. The van der Waals surface area contributed by atoms with Crippen LogP contribution in [0.1, 0.15) is 12.5 Å². The summed E-state index contributed by atoms with van der Waals surface area (Å²) < 4.78 is 7.12. The summed E-state index contributed by atoms with van der Waals surface area (Å²) in [4.78, 5) is 17.0. The number of fused-ring (bicyclic) bond motifs is 1. The molecule has 0 N–H and O–H groups in total. The van der Waals surface area contributed by atoms with Crippen LogP contribution in [-0.2, 0) is 6.54 Å². The second-order valence-corrected chi connectivity index (χ2v) is 5.85. The molecule has 0 aliphatic carbocycles. The zero-order valence-corrected chi connectivity index (χ0v) is 13.9. The predicted molar refractivity (Wildman–Crippen MR) is 92.7 cm³/mol. The molecule has 2 aromatic carbocycles. The number of hydrogen-bond donors (Lipinski definition) is 0. The topological polar surface area (TPSA) is 44.1 Å². The Bertz CT molecular complexity index is 922. The molecule has 0 atom stereocenters. The van der Waals surface area contributed by atoms with Crippen molar-refractivity contribution >= 4 is 34.1 Å². The van der Waals surface area contributed by atoms with Crippen LogP contribution in [0, 0.1) is 0 Å². The van der Waals surface area contributed by atoms with Gasteiger partial charge in [-0.25, -0.2) is 4.98 Å². The Morgan fingerprint density at radius 2 is 2.00 bits per heavy atom. The lowest BCUT2D eigenvalue weighted by atomic mass is 10.2. The van der Waals surface area contributed by atoms with Crippen LogP contribution in [0.4, 0.5) is 0 Å². The zero-order chi connectivity index (χ0) is 16.4. The van der Waals surface area contributed by atoms with E-state index in [1.165, 1.54) is 10.9 Å². The fourth-order valence-corrected chi connectivity index (χ4v) is 2.96. The number of halogens is 2. The lowest BCUT2D eigenvalue weighted by Gasteiger charge is -2.12. The van der Waals surface area contributed by atoms with Gasteiger partial charge >= 0.3 is 0 Å². The molecular formula is C17H14Cl2N2O2. The van der Waals surface area contributed by atoms with E-state index >= 15 is 0 Å². The highest BCUT2D eigenvalue weighted by atomic mass is 35.5. The third kappa shape index (κ3) is 3.19. The standard InChI is InChI=1S/C17H14Cl2N2O2/c1-2-23-15-6-4-3-5-11(15)9-21-10-20-16-13(17(21)22)7-12(18)8-14(16)19/h3-8,10H,2,9H2,1H3. The Morgan fingerprint density at radius 3 is 2.78 bits per heavy atom. The smallest absolute Gasteiger partial charge is 0.261 e. The van der Waals surface area contributed by atoms with Crippen molar-refractivity contribution in [3.05, 3.63) is 68.7 Å². The van der Waals surface area contributed by atoms with Gasteiger partial charge in [-0.15, -0.1) is 0 Å². The van der Waals surface area contributed by atoms with Crippen molar-refractivity contribution in [3.63, 3.8) is 0 Å². The van der Waals surface area contributed by atoms with Crippen molar-refractivity contribution in [2.45, 2.75) is 13.5 Å². The summed E-state index contributed by atoms with van der Waals surface area (Å²) in [7, 11) is 0. The largest absolute Gasteiger partial charge is 0.494 e. The van der Waals surface area contributed by atoms with Crippen LogP contribution < -0.4 is 10.3 Å². The van der Waals surface area contributed by atoms with Gasteiger partial charge in [-0.3, -0.25) is 9.36 Å². The molecule has 6 heteroatoms. The van der Waals surface area contributed by atoms with Gasteiger partial charge in [0.15, 0.2) is 0 Å². The molecule has 23 heavy (non-hydrogen) atoms. The Kier molecular flexibility index (Phi) is 4.55. The van der Waals surface area contributed by atoms with E-state index in [0.717, 1.165) is 11.3 Å². The highest BCUT2D eigenvalue weighted by Crippen LogP contribution is 2.24. The molecule has 4 nitrogen and oxygen atoms in total. The molecule has 0 unspecified atom stereocenters. The van der Waals surface area contributed by atoms with E-state index in [1.54, 1.807) is 12.1 Å². The number of ether oxygens (including phenoxy) is 1. The van der Waals surface area contributed by atoms with E-state index < -0.39 is 0 Å². The quantitative estimate of drug-likeness (QED) is 0.711. The predicted octanol–water partition coefficient (Wildman–Crippen LogP) is 4.15. The number of para-hydroxylation sites is 1. The molecule has 3 rings (SSSR count). The first kappa shape index (κ1) is 15.8. The summed E-state index contributed by atoms with van der Waals surface area (Å²) in [6.07, 6.45) is 1.49. The maximum atomic E-state index is 12.7. The van der Waals surface area contributed by atoms with Gasteiger partial charge in [0.2, 0.25) is 0 Å². The first-order valence-electron chi connectivity index (χ1n) is 7.15. The molecule has 0 saturated heterocycles. The van der Waals surface area contributed by atoms with E-state index in [9.17, 15) is 4.79 Å². The molecule has 0 aliphatic heterocycles. The Balaban J connectivity index is 2.08. The summed E-state index contributed by atoms with van der Waals surface area (Å²) in [6, 6.07) is 10.8. The van der Waals surface area contributed by atoms with Gasteiger partial charge in [-0.2, -0.15) is 0 Å². The van der Waals surface area contributed by atoms with Crippen molar-refractivity contribution in [3.8, 4) is 5.75 Å². The molecule has 0 aliphatic rings. The van der Waals surface area contributed by atoms with Gasteiger partial charge in [0.05, 0.1) is 35.4 Å². The molecule has 0 radical (unpaired) electrons. The highest BCUT2D eigenvalue weighted by Gasteiger charge is 2.11. The fraction of sp³-hybridized carbons (Fsp3) is 0.176. The summed E-state index contributed by atoms with van der Waals surface area (Å²) in [5.74, 6) is 0.756. The van der Waals surface area contributed by atoms with E-state index in [2.05, 4.69) is 4.98 Å². The van der Waals surface area contributed by atoms with Crippen molar-refractivity contribution in [1.82, 2.24) is 9.55 Å². The van der Waals surface area contributed by atoms with Crippen LogP contribution in [-0.4, -0.2) is 16.2 Å². The highest BCUT2D eigenvalue weighted by molar-refractivity contribution is 6.38. The van der Waals surface area contributed by atoms with Gasteiger partial charge in [0, 0.05) is 10.6 Å². The normalized spacial score (nSPS) is 10.9. The van der Waals surface area contributed by atoms with Crippen molar-refractivity contribution in [2.75, 3.05) is 6.61 Å². The minimum absolute atomic E-state index is 0.189. The van der Waals surface area contributed by atoms with Crippen LogP contribution in [0.3, 0.4) is 0 Å². The average Bonchev–Trinajstić information content (AvgIpc) is 2.52. The molecular weight excluding hydrogens is 335 g/mol. The molecule has 0 amide bonds. The maximum absolute atomic E-state index is 12.7. The third-order valence-corrected chi connectivity index (χ3v) is 3.97. The molecule has 1 heterocycles. The Labute approximate surface area is 143 Å². The average molecular weight is 349 g/mol. The molecule has 0 fully saturated rings. The van der Waals surface area contributed by atoms with Crippen LogP contribution in [0.25, 0.3) is 10.9 Å². The minimum Gasteiger partial charge on any atom is -0.494 e. The second kappa shape index (κ2) is 6.60. The van der Waals surface area contributed by atoms with Crippen LogP contribution >= 0.6 is 23.2 Å². The SMILES string of the molecule is CCOc1ccccc1Cn1cnc2c(Cl)cc(Cl)cc2c1=O. The zero-order valence-electron chi connectivity index (χ0n) is 12.4. The molecule has 1 aromatic heterocycles. The lowest BCUT2D eigenvalue weighted by Crippen LogP contribution is -2.21. The van der Waals surface area contributed by atoms with Gasteiger partial charge in [-0.1, -0.05) is 41.4 Å². The number of benzene rings is 2. The van der Waals surface area contributed by atoms with E-state index in [1.807, 2.05) is 31.2 Å². The van der Waals surface area contributed by atoms with Crippen molar-refractivity contribution in [2.24, 2.45) is 0 Å². The second-order valence-electron chi connectivity index (χ2n) is 5.00. The van der Waals surface area contributed by atoms with Crippen LogP contribution in [0.2, 0.25) is 10.0 Å². The van der Waals surface area contributed by atoms with Gasteiger partial charge in [-0.05, 0) is 25.1 Å². The maximum Gasteiger partial charge on any atom is 0.261 e. The first-order valence-corrected chi connectivity index (χ1v) is 7.90. The summed E-state index contributed by atoms with van der Waals surface area (Å²) in [6.45, 7) is 2.85. The number of aromatic nitrogens is 2. The molecule has 0 saturated carbocycles. The molecule has 3 aromatic rings. The lowest BCUT2D eigenvalue weighted by molar-refractivity contribution is 0.335.